The van der Waals surface area contributed by atoms with E-state index in [0.29, 0.717) is 22.7 Å². The van der Waals surface area contributed by atoms with E-state index in [1.807, 2.05) is 0 Å². The highest BCUT2D eigenvalue weighted by molar-refractivity contribution is 9.10. The van der Waals surface area contributed by atoms with Crippen LogP contribution in [0, 0.1) is 0 Å². The molecule has 0 fully saturated rings. The molecule has 4 rings (SSSR count). The second-order valence-corrected chi connectivity index (χ2v) is 7.39. The van der Waals surface area contributed by atoms with E-state index in [2.05, 4.69) is 15.9 Å². The summed E-state index contributed by atoms with van der Waals surface area (Å²) in [7, 11) is 1.58. The first-order valence-corrected chi connectivity index (χ1v) is 9.09. The number of likely N-dealkylation sites (N-methyl/N-ethyl adjacent to an activating group) is 1. The van der Waals surface area contributed by atoms with Crippen molar-refractivity contribution in [2.24, 2.45) is 0 Å². The maximum absolute atomic E-state index is 12.6. The van der Waals surface area contributed by atoms with Gasteiger partial charge in [-0.25, -0.2) is 0 Å². The van der Waals surface area contributed by atoms with Gasteiger partial charge < -0.3 is 19.5 Å². The van der Waals surface area contributed by atoms with Crippen LogP contribution in [0.4, 0.5) is 5.69 Å². The van der Waals surface area contributed by atoms with Crippen molar-refractivity contribution in [2.45, 2.75) is 12.0 Å². The fourth-order valence-corrected chi connectivity index (χ4v) is 3.68. The third kappa shape index (κ3) is 3.02. The number of hydrogen-bond donors (Lipinski definition) is 1. The van der Waals surface area contributed by atoms with Crippen LogP contribution in [0.3, 0.4) is 0 Å². The van der Waals surface area contributed by atoms with Crippen LogP contribution in [-0.2, 0) is 15.2 Å². The normalized spacial score (nSPS) is 20.4. The summed E-state index contributed by atoms with van der Waals surface area (Å²) in [6, 6.07) is 10.5. The molecule has 1 amide bonds. The Bertz CT molecular complexity index is 986. The van der Waals surface area contributed by atoms with Gasteiger partial charge in [0.05, 0.1) is 12.1 Å². The van der Waals surface area contributed by atoms with Crippen molar-refractivity contribution in [1.29, 1.82) is 0 Å². The summed E-state index contributed by atoms with van der Waals surface area (Å²) in [6.45, 7) is 0.180. The van der Waals surface area contributed by atoms with Gasteiger partial charge in [0.1, 0.15) is 0 Å². The monoisotopic (exact) mass is 429 g/mol. The van der Waals surface area contributed by atoms with Crippen LogP contribution < -0.4 is 14.4 Å². The quantitative estimate of drug-likeness (QED) is 0.755. The fourth-order valence-electron chi connectivity index (χ4n) is 3.32. The molecular formula is C20H16BrNO5. The Morgan fingerprint density at radius 3 is 2.85 bits per heavy atom. The van der Waals surface area contributed by atoms with E-state index < -0.39 is 11.5 Å². The first-order valence-electron chi connectivity index (χ1n) is 8.29. The second kappa shape index (κ2) is 6.51. The molecule has 2 aliphatic rings. The lowest BCUT2D eigenvalue weighted by Crippen LogP contribution is -2.40. The second-order valence-electron chi connectivity index (χ2n) is 6.48. The molecule has 138 valence electrons. The fraction of sp³-hybridized carbons (Fsp3) is 0.200. The number of carbonyl (C=O) groups excluding carboxylic acids is 2. The summed E-state index contributed by atoms with van der Waals surface area (Å²) in [4.78, 5) is 26.4. The van der Waals surface area contributed by atoms with Crippen LogP contribution in [-0.4, -0.2) is 30.6 Å². The third-order valence-corrected chi connectivity index (χ3v) is 5.21. The molecular weight excluding hydrogens is 414 g/mol. The number of ether oxygens (including phenoxy) is 2. The summed E-state index contributed by atoms with van der Waals surface area (Å²) < 4.78 is 11.3. The number of halogens is 1. The minimum Gasteiger partial charge on any atom is -0.454 e. The van der Waals surface area contributed by atoms with Crippen molar-refractivity contribution in [1.82, 2.24) is 0 Å². The Morgan fingerprint density at radius 1 is 1.26 bits per heavy atom. The number of carbonyl (C=O) groups is 2. The number of aliphatic hydroxyl groups is 1. The van der Waals surface area contributed by atoms with Gasteiger partial charge in [-0.2, -0.15) is 0 Å². The molecule has 0 unspecified atom stereocenters. The topological polar surface area (TPSA) is 76.1 Å². The molecule has 2 aliphatic heterocycles. The molecule has 1 atom stereocenters. The van der Waals surface area contributed by atoms with Crippen molar-refractivity contribution >= 4 is 39.4 Å². The summed E-state index contributed by atoms with van der Waals surface area (Å²) in [6.07, 6.45) is 2.65. The number of anilines is 1. The number of nitrogens with zero attached hydrogens (tertiary/aromatic N) is 1. The van der Waals surface area contributed by atoms with Crippen LogP contribution in [0.2, 0.25) is 0 Å². The average Bonchev–Trinajstić information content (AvgIpc) is 3.18. The van der Waals surface area contributed by atoms with E-state index in [1.54, 1.807) is 49.5 Å². The van der Waals surface area contributed by atoms with E-state index in [9.17, 15) is 14.7 Å². The number of ketones is 1. The van der Waals surface area contributed by atoms with Crippen molar-refractivity contribution in [2.75, 3.05) is 18.7 Å². The van der Waals surface area contributed by atoms with Crippen LogP contribution in [0.25, 0.3) is 6.08 Å². The molecule has 2 aromatic rings. The Labute approximate surface area is 164 Å². The van der Waals surface area contributed by atoms with Crippen molar-refractivity contribution in [3.8, 4) is 11.5 Å². The minimum atomic E-state index is -1.87. The molecule has 6 nitrogen and oxygen atoms in total. The minimum absolute atomic E-state index is 0.180. The zero-order valence-corrected chi connectivity index (χ0v) is 16.0. The number of fused-ring (bicyclic) bond motifs is 2. The molecule has 0 saturated heterocycles. The van der Waals surface area contributed by atoms with Crippen LogP contribution in [0.5, 0.6) is 11.5 Å². The number of rotatable bonds is 4. The molecule has 0 spiro atoms. The summed E-state index contributed by atoms with van der Waals surface area (Å²) in [5.41, 5.74) is -0.0884. The van der Waals surface area contributed by atoms with Gasteiger partial charge in [0.15, 0.2) is 22.9 Å². The van der Waals surface area contributed by atoms with Gasteiger partial charge in [0.25, 0.3) is 5.91 Å². The molecule has 2 heterocycles. The predicted octanol–water partition coefficient (Wildman–Crippen LogP) is 3.01. The zero-order chi connectivity index (χ0) is 19.2. The first kappa shape index (κ1) is 17.8. The lowest BCUT2D eigenvalue weighted by atomic mass is 9.89. The van der Waals surface area contributed by atoms with E-state index >= 15 is 0 Å². The van der Waals surface area contributed by atoms with Crippen LogP contribution in [0.15, 0.2) is 46.9 Å². The lowest BCUT2D eigenvalue weighted by molar-refractivity contribution is -0.140. The average molecular weight is 430 g/mol. The Kier molecular flexibility index (Phi) is 4.28. The van der Waals surface area contributed by atoms with E-state index in [-0.39, 0.29) is 19.0 Å². The molecule has 0 radical (unpaired) electrons. The number of allylic oxidation sites excluding steroid dienone is 1. The highest BCUT2D eigenvalue weighted by Gasteiger charge is 2.49. The molecule has 0 aromatic heterocycles. The Balaban J connectivity index is 1.56. The molecule has 0 aliphatic carbocycles. The van der Waals surface area contributed by atoms with Gasteiger partial charge in [-0.1, -0.05) is 28.1 Å². The highest BCUT2D eigenvalue weighted by Crippen LogP contribution is 2.43. The maximum Gasteiger partial charge on any atom is 0.263 e. The third-order valence-electron chi connectivity index (χ3n) is 4.71. The van der Waals surface area contributed by atoms with E-state index in [1.165, 1.54) is 11.0 Å². The SMILES string of the molecule is CN1C(=O)[C@](O)(CC(=O)/C=C/c2ccc3c(c2)OCO3)c2cc(Br)ccc21. The van der Waals surface area contributed by atoms with Crippen molar-refractivity contribution < 1.29 is 24.2 Å². The largest absolute Gasteiger partial charge is 0.454 e. The number of hydrogen-bond acceptors (Lipinski definition) is 5. The summed E-state index contributed by atoms with van der Waals surface area (Å²) >= 11 is 3.35. The lowest BCUT2D eigenvalue weighted by Gasteiger charge is -2.20. The smallest absolute Gasteiger partial charge is 0.263 e. The zero-order valence-electron chi connectivity index (χ0n) is 14.4. The summed E-state index contributed by atoms with van der Waals surface area (Å²) in [5, 5.41) is 11.0. The predicted molar refractivity (Wildman–Crippen MR) is 103 cm³/mol. The number of amides is 1. The van der Waals surface area contributed by atoms with Crippen molar-refractivity contribution in [3.05, 3.63) is 58.1 Å². The Morgan fingerprint density at radius 2 is 2.04 bits per heavy atom. The van der Waals surface area contributed by atoms with Gasteiger partial charge in [0.2, 0.25) is 6.79 Å². The van der Waals surface area contributed by atoms with Crippen molar-refractivity contribution in [3.63, 3.8) is 0 Å². The highest BCUT2D eigenvalue weighted by atomic mass is 79.9. The van der Waals surface area contributed by atoms with Crippen LogP contribution >= 0.6 is 15.9 Å². The first-order chi connectivity index (χ1) is 12.9. The molecule has 0 saturated carbocycles. The molecule has 27 heavy (non-hydrogen) atoms. The molecule has 0 bridgehead atoms. The standard InChI is InChI=1S/C20H16BrNO5/c1-22-16-6-4-13(21)9-15(16)20(25,19(22)24)10-14(23)5-2-12-3-7-17-18(8-12)27-11-26-17/h2-9,25H,10-11H2,1H3/b5-2+/t20-/m0/s1. The van der Waals surface area contributed by atoms with Gasteiger partial charge in [-0.15, -0.1) is 0 Å². The molecule has 2 aromatic carbocycles. The van der Waals surface area contributed by atoms with Gasteiger partial charge >= 0.3 is 0 Å². The Hall–Kier alpha value is -2.64. The molecule has 7 heteroatoms. The van der Waals surface area contributed by atoms with E-state index in [4.69, 9.17) is 9.47 Å². The maximum atomic E-state index is 12.6. The molecule has 1 N–H and O–H groups in total. The van der Waals surface area contributed by atoms with Gasteiger partial charge in [-0.3, -0.25) is 9.59 Å². The van der Waals surface area contributed by atoms with Gasteiger partial charge in [-0.05, 0) is 42.0 Å². The van der Waals surface area contributed by atoms with Gasteiger partial charge in [0, 0.05) is 17.1 Å². The van der Waals surface area contributed by atoms with E-state index in [0.717, 1.165) is 10.0 Å². The number of benzene rings is 2. The van der Waals surface area contributed by atoms with Crippen LogP contribution in [0.1, 0.15) is 17.5 Å². The summed E-state index contributed by atoms with van der Waals surface area (Å²) in [5.74, 6) is 0.411.